The van der Waals surface area contributed by atoms with E-state index in [0.717, 1.165) is 23.1 Å². The van der Waals surface area contributed by atoms with Gasteiger partial charge in [-0.2, -0.15) is 0 Å². The van der Waals surface area contributed by atoms with Crippen molar-refractivity contribution in [1.82, 2.24) is 4.57 Å². The molecule has 0 atom stereocenters. The Labute approximate surface area is 134 Å². The van der Waals surface area contributed by atoms with E-state index < -0.39 is 5.97 Å². The van der Waals surface area contributed by atoms with Gasteiger partial charge in [0.05, 0.1) is 11.1 Å². The first-order valence-electron chi connectivity index (χ1n) is 7.51. The molecule has 0 saturated carbocycles. The number of carboxylic acids is 1. The molecule has 0 unspecified atom stereocenters. The fourth-order valence-corrected chi connectivity index (χ4v) is 3.13. The maximum Gasteiger partial charge on any atom is 0.336 e. The molecule has 1 aromatic heterocycles. The molecule has 4 heteroatoms. The van der Waals surface area contributed by atoms with Crippen LogP contribution in [-0.4, -0.2) is 21.4 Å². The summed E-state index contributed by atoms with van der Waals surface area (Å²) in [5.41, 5.74) is 2.69. The molecule has 23 heavy (non-hydrogen) atoms. The number of rotatable bonds is 4. The molecule has 0 radical (unpaired) electrons. The number of fused-ring (bicyclic) bond motifs is 1. The molecular weight excluding hydrogens is 290 g/mol. The number of ketones is 1. The van der Waals surface area contributed by atoms with Crippen LogP contribution in [0.3, 0.4) is 0 Å². The smallest absolute Gasteiger partial charge is 0.336 e. The number of carbonyl (C=O) groups excluding carboxylic acids is 1. The Morgan fingerprint density at radius 1 is 1.00 bits per heavy atom. The molecule has 0 fully saturated rings. The predicted octanol–water partition coefficient (Wildman–Crippen LogP) is 3.90. The number of aromatic carboxylic acids is 1. The Bertz CT molecular complexity index is 922. The molecule has 0 saturated heterocycles. The Morgan fingerprint density at radius 2 is 1.61 bits per heavy atom. The molecule has 0 aliphatic carbocycles. The van der Waals surface area contributed by atoms with Gasteiger partial charge in [-0.1, -0.05) is 36.4 Å². The third-order valence-corrected chi connectivity index (χ3v) is 4.18. The van der Waals surface area contributed by atoms with Gasteiger partial charge in [0.15, 0.2) is 5.78 Å². The summed E-state index contributed by atoms with van der Waals surface area (Å²) in [6.45, 7) is 4.68. The number of hydrogen-bond acceptors (Lipinski definition) is 2. The highest BCUT2D eigenvalue weighted by molar-refractivity contribution is 6.20. The zero-order chi connectivity index (χ0) is 16.6. The summed E-state index contributed by atoms with van der Waals surface area (Å²) in [4.78, 5) is 24.5. The molecule has 0 aliphatic rings. The van der Waals surface area contributed by atoms with Crippen LogP contribution in [0.25, 0.3) is 10.9 Å². The maximum absolute atomic E-state index is 13.1. The highest BCUT2D eigenvalue weighted by Crippen LogP contribution is 2.28. The van der Waals surface area contributed by atoms with Crippen molar-refractivity contribution < 1.29 is 14.7 Å². The topological polar surface area (TPSA) is 59.3 Å². The van der Waals surface area contributed by atoms with Crippen LogP contribution in [-0.2, 0) is 6.54 Å². The van der Waals surface area contributed by atoms with E-state index in [1.807, 2.05) is 38.1 Å². The monoisotopic (exact) mass is 307 g/mol. The molecule has 0 bridgehead atoms. The van der Waals surface area contributed by atoms with Gasteiger partial charge in [0.25, 0.3) is 0 Å². The second-order valence-corrected chi connectivity index (χ2v) is 5.40. The minimum atomic E-state index is -1.09. The van der Waals surface area contributed by atoms with Gasteiger partial charge >= 0.3 is 5.97 Å². The van der Waals surface area contributed by atoms with Crippen molar-refractivity contribution in [1.29, 1.82) is 0 Å². The lowest BCUT2D eigenvalue weighted by Gasteiger charge is -2.07. The molecule has 4 nitrogen and oxygen atoms in total. The average molecular weight is 307 g/mol. The van der Waals surface area contributed by atoms with Gasteiger partial charge in [0.1, 0.15) is 0 Å². The summed E-state index contributed by atoms with van der Waals surface area (Å²) in [6, 6.07) is 14.1. The number of aryl methyl sites for hydroxylation is 1. The highest BCUT2D eigenvalue weighted by Gasteiger charge is 2.23. The van der Waals surface area contributed by atoms with Crippen LogP contribution in [0.4, 0.5) is 0 Å². The van der Waals surface area contributed by atoms with Crippen LogP contribution in [0.15, 0.2) is 48.5 Å². The second-order valence-electron chi connectivity index (χ2n) is 5.40. The fourth-order valence-electron chi connectivity index (χ4n) is 3.13. The first-order valence-corrected chi connectivity index (χ1v) is 7.51. The van der Waals surface area contributed by atoms with Gasteiger partial charge in [0, 0.05) is 28.7 Å². The summed E-state index contributed by atoms with van der Waals surface area (Å²) in [5, 5.41) is 10.2. The van der Waals surface area contributed by atoms with Gasteiger partial charge in [-0.05, 0) is 26.0 Å². The van der Waals surface area contributed by atoms with Crippen LogP contribution in [0.2, 0.25) is 0 Å². The number of nitrogens with zero attached hydrogens (tertiary/aromatic N) is 1. The molecule has 116 valence electrons. The first kappa shape index (κ1) is 15.0. The minimum Gasteiger partial charge on any atom is -0.478 e. The lowest BCUT2D eigenvalue weighted by Crippen LogP contribution is -2.10. The zero-order valence-corrected chi connectivity index (χ0v) is 13.0. The molecule has 1 N–H and O–H groups in total. The van der Waals surface area contributed by atoms with Crippen LogP contribution in [0.5, 0.6) is 0 Å². The maximum atomic E-state index is 13.1. The van der Waals surface area contributed by atoms with Crippen molar-refractivity contribution in [2.24, 2.45) is 0 Å². The van der Waals surface area contributed by atoms with E-state index in [1.165, 1.54) is 6.07 Å². The van der Waals surface area contributed by atoms with Crippen LogP contribution in [0, 0.1) is 6.92 Å². The Hall–Kier alpha value is -2.88. The molecule has 0 amide bonds. The van der Waals surface area contributed by atoms with E-state index in [2.05, 4.69) is 4.57 Å². The number of aromatic nitrogens is 1. The van der Waals surface area contributed by atoms with Crippen molar-refractivity contribution in [2.75, 3.05) is 0 Å². The van der Waals surface area contributed by atoms with Crippen molar-refractivity contribution in [3.63, 3.8) is 0 Å². The minimum absolute atomic E-state index is 0.0326. The van der Waals surface area contributed by atoms with Crippen molar-refractivity contribution in [3.8, 4) is 0 Å². The SMILES string of the molecule is CCn1c(C)c(C(=O)c2ccccc2C(=O)O)c2ccccc21. The van der Waals surface area contributed by atoms with Gasteiger partial charge in [0.2, 0.25) is 0 Å². The van der Waals surface area contributed by atoms with Gasteiger partial charge in [-0.15, -0.1) is 0 Å². The zero-order valence-electron chi connectivity index (χ0n) is 13.0. The molecule has 1 heterocycles. The average Bonchev–Trinajstić information content (AvgIpc) is 2.85. The Morgan fingerprint density at radius 3 is 2.26 bits per heavy atom. The van der Waals surface area contributed by atoms with E-state index in [9.17, 15) is 14.7 Å². The van der Waals surface area contributed by atoms with E-state index in [-0.39, 0.29) is 16.9 Å². The quantitative estimate of drug-likeness (QED) is 0.744. The van der Waals surface area contributed by atoms with Crippen molar-refractivity contribution >= 4 is 22.7 Å². The van der Waals surface area contributed by atoms with Crippen molar-refractivity contribution in [3.05, 3.63) is 70.9 Å². The number of carboxylic acid groups (broad SMARTS) is 1. The molecule has 0 spiro atoms. The standard InChI is InChI=1S/C19H17NO3/c1-3-20-12(2)17(15-10-6-7-11-16(15)20)18(21)13-8-4-5-9-14(13)19(22)23/h4-11H,3H2,1-2H3,(H,22,23). The number of para-hydroxylation sites is 1. The lowest BCUT2D eigenvalue weighted by molar-refractivity contribution is 0.0693. The molecule has 0 aliphatic heterocycles. The summed E-state index contributed by atoms with van der Waals surface area (Å²) < 4.78 is 2.08. The molecule has 3 rings (SSSR count). The Kier molecular flexibility index (Phi) is 3.74. The summed E-state index contributed by atoms with van der Waals surface area (Å²) in [6.07, 6.45) is 0. The van der Waals surface area contributed by atoms with E-state index in [4.69, 9.17) is 0 Å². The molecule has 3 aromatic rings. The number of carbonyl (C=O) groups is 2. The largest absolute Gasteiger partial charge is 0.478 e. The van der Waals surface area contributed by atoms with Gasteiger partial charge < -0.3 is 9.67 Å². The summed E-state index contributed by atoms with van der Waals surface area (Å²) in [7, 11) is 0. The molecular formula is C19H17NO3. The summed E-state index contributed by atoms with van der Waals surface area (Å²) >= 11 is 0. The van der Waals surface area contributed by atoms with Gasteiger partial charge in [-0.25, -0.2) is 4.79 Å². The third kappa shape index (κ3) is 2.32. The summed E-state index contributed by atoms with van der Waals surface area (Å²) in [5.74, 6) is -1.34. The number of hydrogen-bond donors (Lipinski definition) is 1. The second kappa shape index (κ2) is 5.72. The van der Waals surface area contributed by atoms with E-state index in [0.29, 0.717) is 5.56 Å². The van der Waals surface area contributed by atoms with E-state index in [1.54, 1.807) is 18.2 Å². The Balaban J connectivity index is 2.28. The van der Waals surface area contributed by atoms with E-state index >= 15 is 0 Å². The van der Waals surface area contributed by atoms with Crippen LogP contribution < -0.4 is 0 Å². The fraction of sp³-hybridized carbons (Fsp3) is 0.158. The third-order valence-electron chi connectivity index (χ3n) is 4.18. The van der Waals surface area contributed by atoms with Gasteiger partial charge in [-0.3, -0.25) is 4.79 Å². The first-order chi connectivity index (χ1) is 11.1. The number of benzene rings is 2. The molecule has 2 aromatic carbocycles. The van der Waals surface area contributed by atoms with Crippen LogP contribution in [0.1, 0.15) is 38.9 Å². The predicted molar refractivity (Wildman–Crippen MR) is 89.2 cm³/mol. The van der Waals surface area contributed by atoms with Crippen LogP contribution >= 0.6 is 0 Å². The highest BCUT2D eigenvalue weighted by atomic mass is 16.4. The normalized spacial score (nSPS) is 10.9. The van der Waals surface area contributed by atoms with Crippen molar-refractivity contribution in [2.45, 2.75) is 20.4 Å². The lowest BCUT2D eigenvalue weighted by atomic mass is 9.96.